The van der Waals surface area contributed by atoms with Crippen LogP contribution in [0.25, 0.3) is 0 Å². The summed E-state index contributed by atoms with van der Waals surface area (Å²) < 4.78 is 5.89. The summed E-state index contributed by atoms with van der Waals surface area (Å²) in [5, 5.41) is 8.97. The number of carboxylic acids is 1. The number of rotatable bonds is 3. The first-order chi connectivity index (χ1) is 10.1. The van der Waals surface area contributed by atoms with E-state index in [9.17, 15) is 4.79 Å². The fourth-order valence-corrected chi connectivity index (χ4v) is 3.61. The zero-order chi connectivity index (χ0) is 15.3. The second kappa shape index (κ2) is 7.26. The van der Waals surface area contributed by atoms with E-state index in [0.29, 0.717) is 0 Å². The molecular formula is C18H28O3. The maximum absolute atomic E-state index is 10.9. The van der Waals surface area contributed by atoms with Gasteiger partial charge in [0.25, 0.3) is 0 Å². The summed E-state index contributed by atoms with van der Waals surface area (Å²) >= 11 is 0. The van der Waals surface area contributed by atoms with E-state index >= 15 is 0 Å². The average Bonchev–Trinajstić information content (AvgIpc) is 2.44. The lowest BCUT2D eigenvalue weighted by atomic mass is 9.73. The molecule has 0 radical (unpaired) electrons. The van der Waals surface area contributed by atoms with E-state index in [1.54, 1.807) is 0 Å². The number of hydrogen-bond donors (Lipinski definition) is 1. The topological polar surface area (TPSA) is 46.5 Å². The largest absolute Gasteiger partial charge is 0.480 e. The number of carboxylic acid groups (broad SMARTS) is 1. The summed E-state index contributed by atoms with van der Waals surface area (Å²) in [6.07, 6.45) is 13.9. The lowest BCUT2D eigenvalue weighted by Crippen LogP contribution is -2.41. The molecular weight excluding hydrogens is 264 g/mol. The molecule has 0 saturated carbocycles. The molecule has 2 bridgehead atoms. The summed E-state index contributed by atoms with van der Waals surface area (Å²) in [6.45, 7) is 4.16. The molecule has 0 aromatic rings. The van der Waals surface area contributed by atoms with Crippen LogP contribution in [-0.4, -0.2) is 23.3 Å². The number of aliphatic carboxylic acids is 1. The quantitative estimate of drug-likeness (QED) is 0.834. The van der Waals surface area contributed by atoms with Crippen molar-refractivity contribution in [1.82, 2.24) is 0 Å². The van der Waals surface area contributed by atoms with Gasteiger partial charge in [-0.15, -0.1) is 0 Å². The predicted octanol–water partition coefficient (Wildman–Crippen LogP) is 4.48. The van der Waals surface area contributed by atoms with Gasteiger partial charge in [-0.2, -0.15) is 0 Å². The highest BCUT2D eigenvalue weighted by atomic mass is 16.5. The normalized spacial score (nSPS) is 30.9. The van der Waals surface area contributed by atoms with E-state index < -0.39 is 11.6 Å². The third-order valence-corrected chi connectivity index (χ3v) is 5.18. The van der Waals surface area contributed by atoms with Crippen LogP contribution in [0.1, 0.15) is 65.2 Å². The van der Waals surface area contributed by atoms with E-state index in [4.69, 9.17) is 9.84 Å². The minimum absolute atomic E-state index is 0.211. The van der Waals surface area contributed by atoms with E-state index in [0.717, 1.165) is 19.3 Å². The Bertz CT molecular complexity index is 436. The van der Waals surface area contributed by atoms with Gasteiger partial charge in [0.1, 0.15) is 6.61 Å². The van der Waals surface area contributed by atoms with Crippen LogP contribution < -0.4 is 0 Å². The molecule has 0 fully saturated rings. The first kappa shape index (κ1) is 16.3. The first-order valence-corrected chi connectivity index (χ1v) is 8.30. The number of allylic oxidation sites excluding steroid dienone is 2. The Balaban J connectivity index is 2.22. The molecule has 0 saturated heterocycles. The third-order valence-electron chi connectivity index (χ3n) is 5.18. The van der Waals surface area contributed by atoms with Crippen molar-refractivity contribution in [3.8, 4) is 0 Å². The van der Waals surface area contributed by atoms with Crippen molar-refractivity contribution < 1.29 is 14.6 Å². The van der Waals surface area contributed by atoms with Gasteiger partial charge in [0.05, 0.1) is 5.60 Å². The summed E-state index contributed by atoms with van der Waals surface area (Å²) in [5.74, 6) is -0.625. The van der Waals surface area contributed by atoms with Crippen LogP contribution in [0, 0.1) is 5.92 Å². The Morgan fingerprint density at radius 3 is 2.67 bits per heavy atom. The number of ether oxygens (including phenoxy) is 1. The van der Waals surface area contributed by atoms with Crippen molar-refractivity contribution in [1.29, 1.82) is 0 Å². The van der Waals surface area contributed by atoms with Crippen LogP contribution in [-0.2, 0) is 9.53 Å². The maximum atomic E-state index is 10.9. The SMILES string of the molecule is CC1=C2C=CC(OCC(=O)O)(CCCCCCCC2)C1C. The van der Waals surface area contributed by atoms with E-state index in [2.05, 4.69) is 26.0 Å². The Morgan fingerprint density at radius 2 is 1.95 bits per heavy atom. The highest BCUT2D eigenvalue weighted by molar-refractivity contribution is 5.68. The van der Waals surface area contributed by atoms with Gasteiger partial charge in [0.2, 0.25) is 0 Å². The fraction of sp³-hybridized carbons (Fsp3) is 0.722. The standard InChI is InChI=1S/C18H28O3/c1-14-15(2)18(21-13-17(19)20)11-8-6-4-3-5-7-9-16(14)10-12-18/h10,12,15H,3-9,11,13H2,1-2H3,(H,19,20). The minimum atomic E-state index is -0.886. The third kappa shape index (κ3) is 3.97. The van der Waals surface area contributed by atoms with Gasteiger partial charge < -0.3 is 9.84 Å². The zero-order valence-electron chi connectivity index (χ0n) is 13.4. The molecule has 3 heteroatoms. The van der Waals surface area contributed by atoms with Gasteiger partial charge in [0.15, 0.2) is 0 Å². The van der Waals surface area contributed by atoms with E-state index in [1.807, 2.05) is 0 Å². The smallest absolute Gasteiger partial charge is 0.329 e. The van der Waals surface area contributed by atoms with Gasteiger partial charge >= 0.3 is 5.97 Å². The molecule has 1 N–H and O–H groups in total. The molecule has 0 aliphatic heterocycles. The molecule has 3 aliphatic carbocycles. The molecule has 0 amide bonds. The lowest BCUT2D eigenvalue weighted by Gasteiger charge is -2.40. The van der Waals surface area contributed by atoms with Gasteiger partial charge in [-0.25, -0.2) is 4.79 Å². The first-order valence-electron chi connectivity index (χ1n) is 8.30. The number of fused-ring (bicyclic) bond motifs is 8. The summed E-state index contributed by atoms with van der Waals surface area (Å²) in [6, 6.07) is 0. The predicted molar refractivity (Wildman–Crippen MR) is 84.3 cm³/mol. The molecule has 2 atom stereocenters. The molecule has 0 spiro atoms. The van der Waals surface area contributed by atoms with Crippen molar-refractivity contribution in [2.75, 3.05) is 6.61 Å². The lowest BCUT2D eigenvalue weighted by molar-refractivity contribution is -0.149. The Labute approximate surface area is 128 Å². The molecule has 3 rings (SSSR count). The molecule has 3 nitrogen and oxygen atoms in total. The molecule has 21 heavy (non-hydrogen) atoms. The van der Waals surface area contributed by atoms with E-state index in [1.165, 1.54) is 43.3 Å². The van der Waals surface area contributed by atoms with E-state index in [-0.39, 0.29) is 12.5 Å². The van der Waals surface area contributed by atoms with Gasteiger partial charge in [0, 0.05) is 5.92 Å². The average molecular weight is 292 g/mol. The van der Waals surface area contributed by atoms with Crippen LogP contribution in [0.4, 0.5) is 0 Å². The minimum Gasteiger partial charge on any atom is -0.480 e. The van der Waals surface area contributed by atoms with Crippen LogP contribution in [0.3, 0.4) is 0 Å². The van der Waals surface area contributed by atoms with Crippen LogP contribution in [0.15, 0.2) is 23.3 Å². The highest BCUT2D eigenvalue weighted by Crippen LogP contribution is 2.41. The Kier molecular flexibility index (Phi) is 5.63. The summed E-state index contributed by atoms with van der Waals surface area (Å²) in [4.78, 5) is 10.9. The van der Waals surface area contributed by atoms with Crippen molar-refractivity contribution in [3.05, 3.63) is 23.3 Å². The Hall–Kier alpha value is -1.09. The van der Waals surface area contributed by atoms with Crippen LogP contribution >= 0.6 is 0 Å². The molecule has 0 aromatic heterocycles. The van der Waals surface area contributed by atoms with Crippen molar-refractivity contribution in [2.45, 2.75) is 70.8 Å². The molecule has 0 aromatic carbocycles. The Morgan fingerprint density at radius 1 is 1.29 bits per heavy atom. The molecule has 3 aliphatic rings. The van der Waals surface area contributed by atoms with Gasteiger partial charge in [-0.3, -0.25) is 0 Å². The van der Waals surface area contributed by atoms with Gasteiger partial charge in [-0.05, 0) is 31.8 Å². The fourth-order valence-electron chi connectivity index (χ4n) is 3.61. The molecule has 118 valence electrons. The van der Waals surface area contributed by atoms with Crippen LogP contribution in [0.2, 0.25) is 0 Å². The maximum Gasteiger partial charge on any atom is 0.329 e. The molecule has 0 heterocycles. The van der Waals surface area contributed by atoms with Crippen LogP contribution in [0.5, 0.6) is 0 Å². The second-order valence-electron chi connectivity index (χ2n) is 6.52. The number of carbonyl (C=O) groups is 1. The highest BCUT2D eigenvalue weighted by Gasteiger charge is 2.38. The second-order valence-corrected chi connectivity index (χ2v) is 6.52. The molecule has 2 unspecified atom stereocenters. The summed E-state index contributed by atoms with van der Waals surface area (Å²) in [7, 11) is 0. The van der Waals surface area contributed by atoms with Crippen molar-refractivity contribution in [3.63, 3.8) is 0 Å². The number of hydrogen-bond acceptors (Lipinski definition) is 2. The van der Waals surface area contributed by atoms with Crippen molar-refractivity contribution >= 4 is 5.97 Å². The van der Waals surface area contributed by atoms with Crippen molar-refractivity contribution in [2.24, 2.45) is 5.92 Å². The zero-order valence-corrected chi connectivity index (χ0v) is 13.4. The van der Waals surface area contributed by atoms with Gasteiger partial charge in [-0.1, -0.05) is 56.8 Å². The monoisotopic (exact) mass is 292 g/mol. The summed E-state index contributed by atoms with van der Waals surface area (Å²) in [5.41, 5.74) is 2.38.